The average molecular weight is 218 g/mol. The van der Waals surface area contributed by atoms with Crippen LogP contribution < -0.4 is 0 Å². The summed E-state index contributed by atoms with van der Waals surface area (Å²) in [7, 11) is 0. The van der Waals surface area contributed by atoms with Crippen molar-refractivity contribution in [3.8, 4) is 0 Å². The Morgan fingerprint density at radius 2 is 1.86 bits per heavy atom. The van der Waals surface area contributed by atoms with Gasteiger partial charge in [0, 0.05) is 0 Å². The Hall–Kier alpha value is -0.180. The minimum atomic E-state index is -0.317. The summed E-state index contributed by atoms with van der Waals surface area (Å²) in [5, 5.41) is -0.317. The number of esters is 1. The van der Waals surface area contributed by atoms with Gasteiger partial charge in [0.1, 0.15) is 6.10 Å². The molecule has 0 aliphatic carbocycles. The lowest BCUT2D eigenvalue weighted by molar-refractivity contribution is -0.148. The van der Waals surface area contributed by atoms with Crippen molar-refractivity contribution in [1.29, 1.82) is 0 Å². The van der Waals surface area contributed by atoms with Gasteiger partial charge in [-0.2, -0.15) is 12.6 Å². The van der Waals surface area contributed by atoms with Crippen LogP contribution in [0.2, 0.25) is 0 Å². The van der Waals surface area contributed by atoms with Gasteiger partial charge >= 0.3 is 5.97 Å². The van der Waals surface area contributed by atoms with Crippen LogP contribution in [-0.2, 0) is 9.53 Å². The van der Waals surface area contributed by atoms with E-state index in [1.807, 2.05) is 6.92 Å². The Morgan fingerprint density at radius 3 is 2.21 bits per heavy atom. The number of thiol groups is 1. The maximum absolute atomic E-state index is 11.3. The van der Waals surface area contributed by atoms with Crippen LogP contribution in [0.4, 0.5) is 0 Å². The maximum atomic E-state index is 11.3. The monoisotopic (exact) mass is 218 g/mol. The van der Waals surface area contributed by atoms with Crippen molar-refractivity contribution in [3.63, 3.8) is 0 Å². The van der Waals surface area contributed by atoms with Gasteiger partial charge in [-0.25, -0.2) is 0 Å². The first-order chi connectivity index (χ1) is 6.47. The Kier molecular flexibility index (Phi) is 7.06. The smallest absolute Gasteiger partial charge is 0.318 e. The average Bonchev–Trinajstić information content (AvgIpc) is 2.11. The van der Waals surface area contributed by atoms with Crippen molar-refractivity contribution < 1.29 is 9.53 Å². The molecule has 2 atom stereocenters. The first-order valence-electron chi connectivity index (χ1n) is 5.35. The molecule has 0 aliphatic heterocycles. The van der Waals surface area contributed by atoms with Gasteiger partial charge in [0.15, 0.2) is 0 Å². The summed E-state index contributed by atoms with van der Waals surface area (Å²) in [5.41, 5.74) is 0. The third-order valence-electron chi connectivity index (χ3n) is 2.15. The van der Waals surface area contributed by atoms with Crippen molar-refractivity contribution in [2.45, 2.75) is 58.3 Å². The predicted octanol–water partition coefficient (Wildman–Crippen LogP) is 3.06. The zero-order valence-electron chi connectivity index (χ0n) is 9.62. The summed E-state index contributed by atoms with van der Waals surface area (Å²) < 4.78 is 5.30. The topological polar surface area (TPSA) is 26.3 Å². The number of carbonyl (C=O) groups excluding carboxylic acids is 1. The van der Waals surface area contributed by atoms with Crippen LogP contribution in [0.1, 0.15) is 47.0 Å². The van der Waals surface area contributed by atoms with Gasteiger partial charge < -0.3 is 4.74 Å². The summed E-state index contributed by atoms with van der Waals surface area (Å²) in [5.74, 6) is 0.458. The summed E-state index contributed by atoms with van der Waals surface area (Å²) >= 11 is 4.04. The van der Waals surface area contributed by atoms with Gasteiger partial charge in [-0.05, 0) is 32.1 Å². The van der Waals surface area contributed by atoms with E-state index in [0.717, 1.165) is 19.3 Å². The number of hydrogen-bond donors (Lipinski definition) is 1. The zero-order valence-corrected chi connectivity index (χ0v) is 10.5. The Bertz CT molecular complexity index is 167. The standard InChI is InChI=1S/C11H22O2S/c1-5-10(7-6-8(2)3)13-11(12)9(4)14/h8-10,14H,5-7H2,1-4H3. The molecule has 0 spiro atoms. The van der Waals surface area contributed by atoms with Crippen LogP contribution in [0.15, 0.2) is 0 Å². The Morgan fingerprint density at radius 1 is 1.29 bits per heavy atom. The molecule has 0 fully saturated rings. The van der Waals surface area contributed by atoms with E-state index >= 15 is 0 Å². The fourth-order valence-electron chi connectivity index (χ4n) is 1.13. The summed E-state index contributed by atoms with van der Waals surface area (Å²) in [4.78, 5) is 11.3. The maximum Gasteiger partial charge on any atom is 0.318 e. The summed E-state index contributed by atoms with van der Waals surface area (Å²) in [6.45, 7) is 8.13. The number of hydrogen-bond acceptors (Lipinski definition) is 3. The second-order valence-corrected chi connectivity index (χ2v) is 4.89. The van der Waals surface area contributed by atoms with Crippen molar-refractivity contribution in [2.75, 3.05) is 0 Å². The van der Waals surface area contributed by atoms with Gasteiger partial charge in [-0.1, -0.05) is 20.8 Å². The SMILES string of the molecule is CCC(CCC(C)C)OC(=O)C(C)S. The normalized spacial score (nSPS) is 15.3. The molecule has 0 aromatic rings. The highest BCUT2D eigenvalue weighted by Crippen LogP contribution is 2.13. The minimum absolute atomic E-state index is 0.0690. The highest BCUT2D eigenvalue weighted by molar-refractivity contribution is 7.81. The molecular weight excluding hydrogens is 196 g/mol. The molecule has 2 unspecified atom stereocenters. The highest BCUT2D eigenvalue weighted by atomic mass is 32.1. The molecule has 0 N–H and O–H groups in total. The van der Waals surface area contributed by atoms with Gasteiger partial charge in [-0.3, -0.25) is 4.79 Å². The van der Waals surface area contributed by atoms with Gasteiger partial charge in [-0.15, -0.1) is 0 Å². The molecule has 0 saturated carbocycles. The molecule has 84 valence electrons. The molecule has 0 aliphatic rings. The fourth-order valence-corrected chi connectivity index (χ4v) is 1.19. The first kappa shape index (κ1) is 13.8. The molecular formula is C11H22O2S. The number of carbonyl (C=O) groups is 1. The molecule has 14 heavy (non-hydrogen) atoms. The van der Waals surface area contributed by atoms with E-state index in [-0.39, 0.29) is 17.3 Å². The van der Waals surface area contributed by atoms with Gasteiger partial charge in [0.05, 0.1) is 5.25 Å². The van der Waals surface area contributed by atoms with Crippen LogP contribution in [0.5, 0.6) is 0 Å². The third kappa shape index (κ3) is 6.30. The van der Waals surface area contributed by atoms with Gasteiger partial charge in [0.25, 0.3) is 0 Å². The number of ether oxygens (including phenoxy) is 1. The fraction of sp³-hybridized carbons (Fsp3) is 0.909. The van der Waals surface area contributed by atoms with Crippen LogP contribution in [0.3, 0.4) is 0 Å². The highest BCUT2D eigenvalue weighted by Gasteiger charge is 2.15. The summed E-state index contributed by atoms with van der Waals surface area (Å²) in [6, 6.07) is 0. The minimum Gasteiger partial charge on any atom is -0.462 e. The Labute approximate surface area is 92.8 Å². The lowest BCUT2D eigenvalue weighted by atomic mass is 10.0. The molecule has 2 nitrogen and oxygen atoms in total. The van der Waals surface area contributed by atoms with E-state index in [9.17, 15) is 4.79 Å². The van der Waals surface area contributed by atoms with Crippen LogP contribution in [0, 0.1) is 5.92 Å². The molecule has 0 bridgehead atoms. The van der Waals surface area contributed by atoms with E-state index in [4.69, 9.17) is 4.74 Å². The quantitative estimate of drug-likeness (QED) is 0.548. The predicted molar refractivity (Wildman–Crippen MR) is 62.7 cm³/mol. The van der Waals surface area contributed by atoms with Crippen molar-refractivity contribution >= 4 is 18.6 Å². The molecule has 0 saturated heterocycles. The molecule has 3 heteroatoms. The lowest BCUT2D eigenvalue weighted by Gasteiger charge is -2.18. The largest absolute Gasteiger partial charge is 0.462 e. The second kappa shape index (κ2) is 7.16. The summed E-state index contributed by atoms with van der Waals surface area (Å²) in [6.07, 6.45) is 3.02. The third-order valence-corrected chi connectivity index (χ3v) is 2.36. The van der Waals surface area contributed by atoms with E-state index in [1.54, 1.807) is 6.92 Å². The molecule has 0 heterocycles. The molecule has 0 amide bonds. The molecule has 0 rings (SSSR count). The van der Waals surface area contributed by atoms with Crippen LogP contribution in [0.25, 0.3) is 0 Å². The first-order valence-corrected chi connectivity index (χ1v) is 5.87. The molecule has 0 radical (unpaired) electrons. The van der Waals surface area contributed by atoms with E-state index < -0.39 is 0 Å². The lowest BCUT2D eigenvalue weighted by Crippen LogP contribution is -2.23. The number of rotatable bonds is 6. The Balaban J connectivity index is 3.84. The van der Waals surface area contributed by atoms with Crippen molar-refractivity contribution in [1.82, 2.24) is 0 Å². The van der Waals surface area contributed by atoms with E-state index in [1.165, 1.54) is 0 Å². The molecule has 0 aromatic heterocycles. The van der Waals surface area contributed by atoms with Crippen molar-refractivity contribution in [3.05, 3.63) is 0 Å². The van der Waals surface area contributed by atoms with Crippen LogP contribution in [-0.4, -0.2) is 17.3 Å². The van der Waals surface area contributed by atoms with E-state index in [0.29, 0.717) is 5.92 Å². The van der Waals surface area contributed by atoms with Crippen LogP contribution >= 0.6 is 12.6 Å². The van der Waals surface area contributed by atoms with E-state index in [2.05, 4.69) is 26.5 Å². The molecule has 0 aromatic carbocycles. The van der Waals surface area contributed by atoms with Gasteiger partial charge in [0.2, 0.25) is 0 Å². The van der Waals surface area contributed by atoms with Crippen molar-refractivity contribution in [2.24, 2.45) is 5.92 Å². The zero-order chi connectivity index (χ0) is 11.1. The second-order valence-electron chi connectivity index (χ2n) is 4.11.